The van der Waals surface area contributed by atoms with Gasteiger partial charge in [0, 0.05) is 19.3 Å². The van der Waals surface area contributed by atoms with Crippen molar-refractivity contribution in [2.24, 2.45) is 0 Å². The van der Waals surface area contributed by atoms with Gasteiger partial charge in [0.2, 0.25) is 0 Å². The first-order chi connectivity index (χ1) is 27.1. The molecular weight excluding hydrogens is 703 g/mol. The summed E-state index contributed by atoms with van der Waals surface area (Å²) in [5, 5.41) is 11.6. The minimum Gasteiger partial charge on any atom is -0.544 e. The molecule has 2 unspecified atom stereocenters. The number of hydrogen-bond donors (Lipinski definition) is 0. The third-order valence-corrected chi connectivity index (χ3v) is 9.77. The average Bonchev–Trinajstić information content (AvgIpc) is 3.15. The summed E-state index contributed by atoms with van der Waals surface area (Å²) in [6.07, 6.45) is 46.6. The first kappa shape index (κ1) is 53.0. The molecule has 322 valence electrons. The molecule has 0 radical (unpaired) electrons. The fourth-order valence-corrected chi connectivity index (χ4v) is 6.28. The van der Waals surface area contributed by atoms with Crippen LogP contribution >= 0.6 is 0 Å². The Morgan fingerprint density at radius 2 is 0.982 bits per heavy atom. The Morgan fingerprint density at radius 1 is 0.536 bits per heavy atom. The molecule has 0 aliphatic heterocycles. The van der Waals surface area contributed by atoms with Crippen LogP contribution in [-0.2, 0) is 28.6 Å². The number of likely N-dealkylation sites (N-methyl/N-ethyl adjacent to an activating group) is 1. The summed E-state index contributed by atoms with van der Waals surface area (Å²) in [6.45, 7) is 4.54. The lowest BCUT2D eigenvalue weighted by Crippen LogP contribution is -2.55. The maximum atomic E-state index is 12.7. The lowest BCUT2D eigenvalue weighted by molar-refractivity contribution is -0.889. The number of esters is 2. The molecule has 0 aromatic rings. The largest absolute Gasteiger partial charge is 0.544 e. The molecule has 8 nitrogen and oxygen atoms in total. The summed E-state index contributed by atoms with van der Waals surface area (Å²) >= 11 is 0. The minimum absolute atomic E-state index is 0.0293. The van der Waals surface area contributed by atoms with Crippen LogP contribution in [0.5, 0.6) is 0 Å². The van der Waals surface area contributed by atoms with E-state index in [0.29, 0.717) is 12.8 Å². The highest BCUT2D eigenvalue weighted by Crippen LogP contribution is 2.15. The highest BCUT2D eigenvalue weighted by Gasteiger charge is 2.25. The second-order valence-corrected chi connectivity index (χ2v) is 16.1. The van der Waals surface area contributed by atoms with Crippen molar-refractivity contribution < 1.29 is 38.2 Å². The monoisotopic (exact) mass is 786 g/mol. The topological polar surface area (TPSA) is 102 Å². The number of carbonyl (C=O) groups excluding carboxylic acids is 3. The van der Waals surface area contributed by atoms with E-state index in [9.17, 15) is 19.5 Å². The van der Waals surface area contributed by atoms with Crippen molar-refractivity contribution >= 4 is 17.9 Å². The molecule has 0 saturated heterocycles. The highest BCUT2D eigenvalue weighted by molar-refractivity contribution is 5.70. The van der Waals surface area contributed by atoms with Gasteiger partial charge >= 0.3 is 11.9 Å². The number of nitrogens with zero attached hydrogens (tertiary/aromatic N) is 1. The van der Waals surface area contributed by atoms with Gasteiger partial charge in [-0.05, 0) is 32.1 Å². The van der Waals surface area contributed by atoms with Crippen LogP contribution in [0.1, 0.15) is 174 Å². The molecule has 0 amide bonds. The van der Waals surface area contributed by atoms with Gasteiger partial charge in [-0.1, -0.05) is 184 Å². The third kappa shape index (κ3) is 36.7. The minimum atomic E-state index is -1.13. The second-order valence-electron chi connectivity index (χ2n) is 16.1. The van der Waals surface area contributed by atoms with Crippen LogP contribution in [0.2, 0.25) is 0 Å². The van der Waals surface area contributed by atoms with Gasteiger partial charge in [0.05, 0.1) is 40.3 Å². The van der Waals surface area contributed by atoms with E-state index < -0.39 is 18.1 Å². The molecular formula is C48H83NO7. The van der Waals surface area contributed by atoms with Crippen molar-refractivity contribution in [3.63, 3.8) is 0 Å². The van der Waals surface area contributed by atoms with Gasteiger partial charge in [0.25, 0.3) is 0 Å². The fraction of sp³-hybridized carbons (Fsp3) is 0.729. The van der Waals surface area contributed by atoms with Crippen LogP contribution in [-0.4, -0.2) is 75.5 Å². The zero-order valence-electron chi connectivity index (χ0n) is 36.5. The van der Waals surface area contributed by atoms with E-state index in [0.717, 1.165) is 64.2 Å². The van der Waals surface area contributed by atoms with E-state index in [-0.39, 0.29) is 42.7 Å². The number of ether oxygens (including phenoxy) is 3. The number of carbonyl (C=O) groups is 3. The molecule has 0 aromatic heterocycles. The molecule has 0 fully saturated rings. The van der Waals surface area contributed by atoms with Crippen LogP contribution in [0, 0.1) is 0 Å². The van der Waals surface area contributed by atoms with E-state index >= 15 is 0 Å². The first-order valence-electron chi connectivity index (χ1n) is 22.4. The molecule has 0 spiro atoms. The Kier molecular flexibility index (Phi) is 36.8. The second kappa shape index (κ2) is 38.9. The Balaban J connectivity index is 4.41. The van der Waals surface area contributed by atoms with Gasteiger partial charge in [-0.15, -0.1) is 0 Å². The zero-order chi connectivity index (χ0) is 41.4. The summed E-state index contributed by atoms with van der Waals surface area (Å²) in [4.78, 5) is 36.9. The Bertz CT molecular complexity index is 1100. The molecule has 0 N–H and O–H groups in total. The average molecular weight is 786 g/mol. The molecule has 0 saturated carbocycles. The van der Waals surface area contributed by atoms with E-state index in [1.165, 1.54) is 77.0 Å². The van der Waals surface area contributed by atoms with E-state index in [4.69, 9.17) is 14.2 Å². The number of carboxylic acids is 1. The molecule has 0 aromatic carbocycles. The smallest absolute Gasteiger partial charge is 0.306 e. The molecule has 56 heavy (non-hydrogen) atoms. The van der Waals surface area contributed by atoms with Crippen molar-refractivity contribution in [2.75, 3.05) is 41.0 Å². The Morgan fingerprint density at radius 3 is 1.46 bits per heavy atom. The maximum Gasteiger partial charge on any atom is 0.306 e. The SMILES string of the molecule is CCC/C=C/C=C/C=C/C=C/C=C/CCCCCCCC(=O)OC(COCCC(C(=O)[O-])[N+](C)(C)C)COC(=O)CCCCCCCCCCCCCCCC. The summed E-state index contributed by atoms with van der Waals surface area (Å²) in [6, 6.07) is -0.732. The normalized spacial score (nSPS) is 13.5. The molecule has 0 bridgehead atoms. The number of unbranched alkanes of at least 4 members (excludes halogenated alkanes) is 19. The van der Waals surface area contributed by atoms with Crippen molar-refractivity contribution in [3.05, 3.63) is 60.8 Å². The molecule has 8 heteroatoms. The predicted octanol–water partition coefficient (Wildman–Crippen LogP) is 10.9. The van der Waals surface area contributed by atoms with Crippen LogP contribution < -0.4 is 5.11 Å². The molecule has 2 atom stereocenters. The van der Waals surface area contributed by atoms with Gasteiger partial charge in [0.1, 0.15) is 12.6 Å². The van der Waals surface area contributed by atoms with Crippen LogP contribution in [0.3, 0.4) is 0 Å². The number of rotatable bonds is 39. The van der Waals surface area contributed by atoms with Gasteiger partial charge in [-0.25, -0.2) is 0 Å². The summed E-state index contributed by atoms with van der Waals surface area (Å²) < 4.78 is 17.1. The number of carboxylic acid groups (broad SMARTS) is 1. The Labute approximate surface area is 343 Å². The van der Waals surface area contributed by atoms with Crippen LogP contribution in [0.25, 0.3) is 0 Å². The van der Waals surface area contributed by atoms with Gasteiger partial charge in [-0.3, -0.25) is 9.59 Å². The first-order valence-corrected chi connectivity index (χ1v) is 22.4. The quantitative estimate of drug-likeness (QED) is 0.0265. The van der Waals surface area contributed by atoms with Crippen molar-refractivity contribution in [1.29, 1.82) is 0 Å². The standard InChI is InChI=1S/C48H83NO7/c1-6-8-10-12-14-16-18-20-22-23-24-25-27-29-31-33-35-37-39-47(51)56-44(42-54-41-40-45(48(52)53)49(3,4)5)43-55-46(50)38-36-34-32-30-28-26-21-19-17-15-13-11-9-7-2/h10,12,14,16,18,20,22-25,44-45H,6-9,11,13,15,17,19,21,26-43H2,1-5H3/b12-10+,16-14+,20-18+,23-22+,25-24+. The van der Waals surface area contributed by atoms with E-state index in [2.05, 4.69) is 38.2 Å². The third-order valence-electron chi connectivity index (χ3n) is 9.77. The van der Waals surface area contributed by atoms with E-state index in [1.807, 2.05) is 36.5 Å². The fourth-order valence-electron chi connectivity index (χ4n) is 6.28. The summed E-state index contributed by atoms with van der Waals surface area (Å²) in [5.74, 6) is -1.77. The van der Waals surface area contributed by atoms with Crippen LogP contribution in [0.15, 0.2) is 60.8 Å². The van der Waals surface area contributed by atoms with Gasteiger partial charge < -0.3 is 28.6 Å². The van der Waals surface area contributed by atoms with E-state index in [1.54, 1.807) is 21.1 Å². The number of hydrogen-bond acceptors (Lipinski definition) is 7. The molecule has 0 rings (SSSR count). The van der Waals surface area contributed by atoms with Crippen LogP contribution in [0.4, 0.5) is 0 Å². The highest BCUT2D eigenvalue weighted by atomic mass is 16.6. The lowest BCUT2D eigenvalue weighted by Gasteiger charge is -2.34. The summed E-state index contributed by atoms with van der Waals surface area (Å²) in [7, 11) is 5.39. The zero-order valence-corrected chi connectivity index (χ0v) is 36.5. The van der Waals surface area contributed by atoms with Gasteiger partial charge in [0.15, 0.2) is 6.10 Å². The number of allylic oxidation sites excluding steroid dienone is 10. The number of aliphatic carboxylic acids is 1. The lowest BCUT2D eigenvalue weighted by atomic mass is 10.0. The van der Waals surface area contributed by atoms with Crippen molar-refractivity contribution in [1.82, 2.24) is 0 Å². The molecule has 0 aliphatic rings. The maximum absolute atomic E-state index is 12.7. The molecule has 0 heterocycles. The van der Waals surface area contributed by atoms with Gasteiger partial charge in [-0.2, -0.15) is 0 Å². The summed E-state index contributed by atoms with van der Waals surface area (Å²) in [5.41, 5.74) is 0. The Hall–Kier alpha value is -2.97. The van der Waals surface area contributed by atoms with Crippen molar-refractivity contribution in [3.8, 4) is 0 Å². The molecule has 0 aliphatic carbocycles. The predicted molar refractivity (Wildman–Crippen MR) is 231 cm³/mol. The number of quaternary nitrogens is 1. The van der Waals surface area contributed by atoms with Crippen molar-refractivity contribution in [2.45, 2.75) is 187 Å².